The predicted octanol–water partition coefficient (Wildman–Crippen LogP) is 0.629. The van der Waals surface area contributed by atoms with Crippen molar-refractivity contribution in [1.82, 2.24) is 15.5 Å². The molecule has 3 fully saturated rings. The fourth-order valence-corrected chi connectivity index (χ4v) is 4.22. The minimum atomic E-state index is -0.769. The quantitative estimate of drug-likeness (QED) is 0.660. The van der Waals surface area contributed by atoms with Crippen molar-refractivity contribution >= 4 is 17.8 Å². The molecular formula is C16H26N4O3. The summed E-state index contributed by atoms with van der Waals surface area (Å²) in [7, 11) is 0. The van der Waals surface area contributed by atoms with E-state index in [2.05, 4.69) is 10.6 Å². The molecule has 0 radical (unpaired) electrons. The normalized spacial score (nSPS) is 25.7. The number of amides is 4. The van der Waals surface area contributed by atoms with Crippen LogP contribution in [0, 0.1) is 0 Å². The zero-order valence-electron chi connectivity index (χ0n) is 13.5. The third-order valence-electron chi connectivity index (χ3n) is 5.61. The van der Waals surface area contributed by atoms with E-state index in [0.29, 0.717) is 19.4 Å². The summed E-state index contributed by atoms with van der Waals surface area (Å²) >= 11 is 0. The molecule has 2 aliphatic carbocycles. The number of urea groups is 1. The van der Waals surface area contributed by atoms with E-state index in [9.17, 15) is 14.4 Å². The van der Waals surface area contributed by atoms with Crippen LogP contribution in [0.1, 0.15) is 57.8 Å². The molecule has 7 heteroatoms. The van der Waals surface area contributed by atoms with Gasteiger partial charge in [0.05, 0.1) is 5.54 Å². The van der Waals surface area contributed by atoms with Crippen LogP contribution in [-0.2, 0) is 9.59 Å². The van der Waals surface area contributed by atoms with Crippen LogP contribution in [0.15, 0.2) is 0 Å². The largest absolute Gasteiger partial charge is 0.348 e. The van der Waals surface area contributed by atoms with Crippen LogP contribution in [0.5, 0.6) is 0 Å². The van der Waals surface area contributed by atoms with E-state index < -0.39 is 11.6 Å². The Bertz CT molecular complexity index is 507. The van der Waals surface area contributed by atoms with Crippen molar-refractivity contribution in [1.29, 1.82) is 0 Å². The van der Waals surface area contributed by atoms with Gasteiger partial charge in [-0.2, -0.15) is 0 Å². The molecule has 23 heavy (non-hydrogen) atoms. The highest BCUT2D eigenvalue weighted by Gasteiger charge is 2.51. The lowest BCUT2D eigenvalue weighted by molar-refractivity contribution is -0.136. The highest BCUT2D eigenvalue weighted by molar-refractivity contribution is 6.09. The van der Waals surface area contributed by atoms with Crippen LogP contribution in [0.4, 0.5) is 4.79 Å². The molecular weight excluding hydrogens is 296 g/mol. The first-order valence-electron chi connectivity index (χ1n) is 8.66. The van der Waals surface area contributed by atoms with Gasteiger partial charge in [-0.05, 0) is 25.7 Å². The second-order valence-corrected chi connectivity index (χ2v) is 7.20. The predicted molar refractivity (Wildman–Crippen MR) is 84.5 cm³/mol. The van der Waals surface area contributed by atoms with E-state index in [1.807, 2.05) is 0 Å². The van der Waals surface area contributed by atoms with Gasteiger partial charge >= 0.3 is 6.03 Å². The molecule has 4 amide bonds. The summed E-state index contributed by atoms with van der Waals surface area (Å²) in [6.45, 7) is 0.178. The van der Waals surface area contributed by atoms with E-state index in [1.165, 1.54) is 0 Å². The first-order valence-corrected chi connectivity index (χ1v) is 8.66. The van der Waals surface area contributed by atoms with Crippen molar-refractivity contribution in [3.63, 3.8) is 0 Å². The Kier molecular flexibility index (Phi) is 4.31. The van der Waals surface area contributed by atoms with Gasteiger partial charge in [0.2, 0.25) is 5.91 Å². The molecule has 0 bridgehead atoms. The molecule has 2 saturated carbocycles. The lowest BCUT2D eigenvalue weighted by Crippen LogP contribution is -2.55. The van der Waals surface area contributed by atoms with Crippen LogP contribution < -0.4 is 16.4 Å². The fourth-order valence-electron chi connectivity index (χ4n) is 4.22. The average Bonchev–Trinajstić information content (AvgIpc) is 3.08. The van der Waals surface area contributed by atoms with Crippen LogP contribution >= 0.6 is 0 Å². The maximum atomic E-state index is 12.7. The Hall–Kier alpha value is -1.63. The summed E-state index contributed by atoms with van der Waals surface area (Å²) in [4.78, 5) is 38.2. The molecule has 4 N–H and O–H groups in total. The highest BCUT2D eigenvalue weighted by Crippen LogP contribution is 2.33. The number of hydrogen-bond donors (Lipinski definition) is 3. The Morgan fingerprint density at radius 3 is 2.30 bits per heavy atom. The number of nitrogens with one attached hydrogen (secondary N) is 2. The zero-order chi connectivity index (χ0) is 16.5. The first-order chi connectivity index (χ1) is 11.0. The number of carbonyl (C=O) groups is 3. The van der Waals surface area contributed by atoms with Crippen molar-refractivity contribution in [3.8, 4) is 0 Å². The fraction of sp³-hybridized carbons (Fsp3) is 0.812. The molecule has 0 aromatic heterocycles. The van der Waals surface area contributed by atoms with Crippen LogP contribution in [-0.4, -0.2) is 46.9 Å². The summed E-state index contributed by atoms with van der Waals surface area (Å²) in [6, 6.07) is -0.444. The number of nitrogens with zero attached hydrogens (tertiary/aromatic N) is 1. The maximum Gasteiger partial charge on any atom is 0.325 e. The molecule has 1 aliphatic heterocycles. The minimum absolute atomic E-state index is 0.214. The van der Waals surface area contributed by atoms with E-state index >= 15 is 0 Å². The zero-order valence-corrected chi connectivity index (χ0v) is 13.5. The van der Waals surface area contributed by atoms with Gasteiger partial charge in [-0.15, -0.1) is 0 Å². The number of imide groups is 1. The van der Waals surface area contributed by atoms with Crippen molar-refractivity contribution in [3.05, 3.63) is 0 Å². The molecule has 1 heterocycles. The van der Waals surface area contributed by atoms with Crippen LogP contribution in [0.2, 0.25) is 0 Å². The smallest absolute Gasteiger partial charge is 0.325 e. The lowest BCUT2D eigenvalue weighted by Gasteiger charge is -2.31. The number of rotatable bonds is 4. The summed E-state index contributed by atoms with van der Waals surface area (Å²) in [5, 5.41) is 5.79. The molecule has 3 rings (SSSR count). The van der Waals surface area contributed by atoms with Gasteiger partial charge in [0.15, 0.2) is 0 Å². The summed E-state index contributed by atoms with van der Waals surface area (Å²) in [6.07, 6.45) is 8.10. The van der Waals surface area contributed by atoms with E-state index in [0.717, 1.165) is 49.8 Å². The molecule has 128 valence electrons. The highest BCUT2D eigenvalue weighted by atomic mass is 16.2. The second kappa shape index (κ2) is 6.11. The monoisotopic (exact) mass is 322 g/mol. The standard InChI is InChI=1S/C16H26N4O3/c17-11-15(6-4-5-7-15)18-12(21)10-20-13(22)16(19-14(20)23)8-2-1-3-9-16/h1-11,17H2,(H,18,21)(H,19,23). The van der Waals surface area contributed by atoms with Crippen LogP contribution in [0.3, 0.4) is 0 Å². The van der Waals surface area contributed by atoms with Gasteiger partial charge < -0.3 is 16.4 Å². The first kappa shape index (κ1) is 16.2. The summed E-state index contributed by atoms with van der Waals surface area (Å²) in [5.74, 6) is -0.542. The van der Waals surface area contributed by atoms with Gasteiger partial charge in [0.25, 0.3) is 5.91 Å². The Labute approximate surface area is 136 Å². The van der Waals surface area contributed by atoms with Crippen LogP contribution in [0.25, 0.3) is 0 Å². The van der Waals surface area contributed by atoms with Gasteiger partial charge in [-0.3, -0.25) is 14.5 Å². The Morgan fingerprint density at radius 1 is 1.09 bits per heavy atom. The SMILES string of the molecule is NCC1(NC(=O)CN2C(=O)NC3(CCCCC3)C2=O)CCCC1. The minimum Gasteiger partial charge on any atom is -0.348 e. The van der Waals surface area contributed by atoms with Gasteiger partial charge in [0.1, 0.15) is 12.1 Å². The van der Waals surface area contributed by atoms with E-state index in [1.54, 1.807) is 0 Å². The number of nitrogens with two attached hydrogens (primary N) is 1. The van der Waals surface area contributed by atoms with E-state index in [-0.39, 0.29) is 23.9 Å². The molecule has 1 saturated heterocycles. The van der Waals surface area contributed by atoms with Gasteiger partial charge in [-0.1, -0.05) is 32.1 Å². The average molecular weight is 322 g/mol. The van der Waals surface area contributed by atoms with Crippen molar-refractivity contribution in [2.75, 3.05) is 13.1 Å². The van der Waals surface area contributed by atoms with Crippen molar-refractivity contribution in [2.24, 2.45) is 5.73 Å². The van der Waals surface area contributed by atoms with E-state index in [4.69, 9.17) is 5.73 Å². The van der Waals surface area contributed by atoms with Gasteiger partial charge in [-0.25, -0.2) is 4.79 Å². The molecule has 0 atom stereocenters. The Morgan fingerprint density at radius 2 is 1.70 bits per heavy atom. The number of carbonyl (C=O) groups excluding carboxylic acids is 3. The number of hydrogen-bond acceptors (Lipinski definition) is 4. The summed E-state index contributed by atoms with van der Waals surface area (Å²) in [5.41, 5.74) is 4.69. The molecule has 0 unspecified atom stereocenters. The molecule has 1 spiro atoms. The molecule has 0 aromatic rings. The maximum absolute atomic E-state index is 12.7. The molecule has 0 aromatic carbocycles. The summed E-state index contributed by atoms with van der Waals surface area (Å²) < 4.78 is 0. The second-order valence-electron chi connectivity index (χ2n) is 7.20. The third-order valence-corrected chi connectivity index (χ3v) is 5.61. The third kappa shape index (κ3) is 2.94. The Balaban J connectivity index is 1.64. The van der Waals surface area contributed by atoms with Gasteiger partial charge in [0, 0.05) is 6.54 Å². The van der Waals surface area contributed by atoms with Crippen molar-refractivity contribution in [2.45, 2.75) is 68.9 Å². The van der Waals surface area contributed by atoms with Crippen molar-refractivity contribution < 1.29 is 14.4 Å². The lowest BCUT2D eigenvalue weighted by atomic mass is 9.82. The molecule has 3 aliphatic rings. The molecule has 7 nitrogen and oxygen atoms in total. The topological polar surface area (TPSA) is 105 Å².